The summed E-state index contributed by atoms with van der Waals surface area (Å²) in [6.07, 6.45) is 5.58. The number of aromatic hydroxyl groups is 2. The Morgan fingerprint density at radius 3 is 2.71 bits per heavy atom. The molecule has 0 aromatic heterocycles. The zero-order chi connectivity index (χ0) is 15.0. The molecule has 0 saturated carbocycles. The summed E-state index contributed by atoms with van der Waals surface area (Å²) < 4.78 is 0.746. The molecule has 0 radical (unpaired) electrons. The van der Waals surface area contributed by atoms with E-state index in [9.17, 15) is 15.0 Å². The van der Waals surface area contributed by atoms with Crippen LogP contribution in [0.1, 0.15) is 37.7 Å². The average molecular weight is 352 g/mol. The van der Waals surface area contributed by atoms with Crippen LogP contribution in [0.4, 0.5) is 0 Å². The van der Waals surface area contributed by atoms with Crippen molar-refractivity contribution >= 4 is 21.8 Å². The third-order valence-corrected chi connectivity index (χ3v) is 5.06. The van der Waals surface area contributed by atoms with Crippen LogP contribution >= 0.6 is 15.9 Å². The second-order valence-corrected chi connectivity index (χ2v) is 6.62. The fraction of sp³-hybridized carbons (Fsp3) is 0.438. The molecule has 4 nitrogen and oxygen atoms in total. The van der Waals surface area contributed by atoms with E-state index in [1.807, 2.05) is 0 Å². The molecule has 0 unspecified atom stereocenters. The number of benzene rings is 1. The molecular formula is C16H18BrNO3. The fourth-order valence-electron chi connectivity index (χ4n) is 3.29. The van der Waals surface area contributed by atoms with Crippen molar-refractivity contribution in [3.05, 3.63) is 33.3 Å². The highest BCUT2D eigenvalue weighted by molar-refractivity contribution is 9.10. The molecule has 1 aliphatic heterocycles. The zero-order valence-electron chi connectivity index (χ0n) is 11.7. The van der Waals surface area contributed by atoms with Gasteiger partial charge in [0, 0.05) is 10.9 Å². The molecule has 0 bridgehead atoms. The Hall–Kier alpha value is -1.49. The number of halogens is 1. The lowest BCUT2D eigenvalue weighted by atomic mass is 9.81. The normalized spacial score (nSPS) is 22.0. The quantitative estimate of drug-likeness (QED) is 0.566. The van der Waals surface area contributed by atoms with Crippen molar-refractivity contribution in [3.8, 4) is 11.5 Å². The van der Waals surface area contributed by atoms with Crippen molar-refractivity contribution in [1.29, 1.82) is 0 Å². The predicted molar refractivity (Wildman–Crippen MR) is 83.2 cm³/mol. The SMILES string of the molecule is O=C1CC2=C(CCCC2)[C@H](Cc2cc(O)c(O)cc2Br)N1. The van der Waals surface area contributed by atoms with Gasteiger partial charge < -0.3 is 15.5 Å². The van der Waals surface area contributed by atoms with E-state index >= 15 is 0 Å². The van der Waals surface area contributed by atoms with Crippen LogP contribution in [0.15, 0.2) is 27.8 Å². The molecule has 0 fully saturated rings. The van der Waals surface area contributed by atoms with E-state index in [1.165, 1.54) is 30.1 Å². The van der Waals surface area contributed by atoms with Gasteiger partial charge in [-0.05, 0) is 55.4 Å². The lowest BCUT2D eigenvalue weighted by Gasteiger charge is -2.33. The van der Waals surface area contributed by atoms with Gasteiger partial charge in [0.2, 0.25) is 5.91 Å². The first-order chi connectivity index (χ1) is 10.0. The van der Waals surface area contributed by atoms with E-state index < -0.39 is 0 Å². The summed E-state index contributed by atoms with van der Waals surface area (Å²) in [4.78, 5) is 11.9. The first-order valence-corrected chi connectivity index (χ1v) is 8.04. The molecule has 0 saturated heterocycles. The number of hydrogen-bond acceptors (Lipinski definition) is 3. The van der Waals surface area contributed by atoms with Gasteiger partial charge in [-0.3, -0.25) is 4.79 Å². The fourth-order valence-corrected chi connectivity index (χ4v) is 3.78. The summed E-state index contributed by atoms with van der Waals surface area (Å²) in [7, 11) is 0. The predicted octanol–water partition coefficient (Wildman–Crippen LogP) is 3.16. The van der Waals surface area contributed by atoms with Crippen LogP contribution in [0.5, 0.6) is 11.5 Å². The topological polar surface area (TPSA) is 69.6 Å². The van der Waals surface area contributed by atoms with E-state index in [-0.39, 0.29) is 23.4 Å². The van der Waals surface area contributed by atoms with Crippen LogP contribution in [0.3, 0.4) is 0 Å². The Balaban J connectivity index is 1.90. The summed E-state index contributed by atoms with van der Waals surface area (Å²) in [6, 6.07) is 3.05. The smallest absolute Gasteiger partial charge is 0.224 e. The molecule has 5 heteroatoms. The largest absolute Gasteiger partial charge is 0.504 e. The Morgan fingerprint density at radius 1 is 1.19 bits per heavy atom. The van der Waals surface area contributed by atoms with Crippen LogP contribution in [0, 0.1) is 0 Å². The zero-order valence-corrected chi connectivity index (χ0v) is 13.2. The maximum atomic E-state index is 11.9. The van der Waals surface area contributed by atoms with Crippen molar-refractivity contribution in [1.82, 2.24) is 5.32 Å². The van der Waals surface area contributed by atoms with E-state index in [0.717, 1.165) is 22.9 Å². The van der Waals surface area contributed by atoms with E-state index in [0.29, 0.717) is 12.8 Å². The second-order valence-electron chi connectivity index (χ2n) is 5.77. The number of phenols is 2. The van der Waals surface area contributed by atoms with E-state index in [2.05, 4.69) is 21.2 Å². The Bertz CT molecular complexity index is 624. The molecule has 1 aromatic carbocycles. The molecule has 3 rings (SSSR count). The van der Waals surface area contributed by atoms with Crippen LogP contribution in [-0.2, 0) is 11.2 Å². The first-order valence-electron chi connectivity index (χ1n) is 7.25. The van der Waals surface area contributed by atoms with Gasteiger partial charge in [0.25, 0.3) is 0 Å². The van der Waals surface area contributed by atoms with Crippen LogP contribution < -0.4 is 5.32 Å². The second kappa shape index (κ2) is 5.72. The Morgan fingerprint density at radius 2 is 1.90 bits per heavy atom. The number of hydrogen-bond donors (Lipinski definition) is 3. The minimum atomic E-state index is -0.143. The highest BCUT2D eigenvalue weighted by atomic mass is 79.9. The van der Waals surface area contributed by atoms with Crippen LogP contribution in [0.2, 0.25) is 0 Å². The molecule has 1 aliphatic carbocycles. The highest BCUT2D eigenvalue weighted by Gasteiger charge is 2.29. The lowest BCUT2D eigenvalue weighted by Crippen LogP contribution is -2.43. The van der Waals surface area contributed by atoms with Crippen molar-refractivity contribution in [3.63, 3.8) is 0 Å². The molecule has 3 N–H and O–H groups in total. The summed E-state index contributed by atoms with van der Waals surface area (Å²) in [5, 5.41) is 22.2. The average Bonchev–Trinajstić information content (AvgIpc) is 2.44. The minimum Gasteiger partial charge on any atom is -0.504 e. The minimum absolute atomic E-state index is 0.00166. The van der Waals surface area contributed by atoms with Gasteiger partial charge in [-0.2, -0.15) is 0 Å². The summed E-state index contributed by atoms with van der Waals surface area (Å²) in [6.45, 7) is 0. The maximum Gasteiger partial charge on any atom is 0.224 e. The van der Waals surface area contributed by atoms with Crippen molar-refractivity contribution in [2.75, 3.05) is 0 Å². The van der Waals surface area contributed by atoms with Gasteiger partial charge in [0.05, 0.1) is 6.04 Å². The maximum absolute atomic E-state index is 11.9. The lowest BCUT2D eigenvalue weighted by molar-refractivity contribution is -0.121. The van der Waals surface area contributed by atoms with Crippen LogP contribution in [-0.4, -0.2) is 22.2 Å². The Labute approximate surface area is 132 Å². The van der Waals surface area contributed by atoms with Gasteiger partial charge in [0.15, 0.2) is 11.5 Å². The molecule has 1 aromatic rings. The molecule has 21 heavy (non-hydrogen) atoms. The molecule has 2 aliphatic rings. The third kappa shape index (κ3) is 2.93. The van der Waals surface area contributed by atoms with Crippen LogP contribution in [0.25, 0.3) is 0 Å². The van der Waals surface area contributed by atoms with Crippen molar-refractivity contribution < 1.29 is 15.0 Å². The molecule has 112 valence electrons. The number of nitrogens with one attached hydrogen (secondary N) is 1. The van der Waals surface area contributed by atoms with Gasteiger partial charge in [-0.1, -0.05) is 21.5 Å². The first kappa shape index (κ1) is 14.4. The summed E-state index contributed by atoms with van der Waals surface area (Å²) >= 11 is 3.41. The summed E-state index contributed by atoms with van der Waals surface area (Å²) in [5.41, 5.74) is 3.55. The van der Waals surface area contributed by atoms with Crippen molar-refractivity contribution in [2.45, 2.75) is 44.6 Å². The van der Waals surface area contributed by atoms with Gasteiger partial charge in [-0.15, -0.1) is 0 Å². The highest BCUT2D eigenvalue weighted by Crippen LogP contribution is 2.36. The summed E-state index contributed by atoms with van der Waals surface area (Å²) in [5.74, 6) is -0.191. The van der Waals surface area contributed by atoms with Crippen molar-refractivity contribution in [2.24, 2.45) is 0 Å². The third-order valence-electron chi connectivity index (χ3n) is 4.33. The number of amides is 1. The number of rotatable bonds is 2. The molecule has 1 heterocycles. The number of phenolic OH excluding ortho intramolecular Hbond substituents is 2. The van der Waals surface area contributed by atoms with Gasteiger partial charge in [-0.25, -0.2) is 0 Å². The number of carbonyl (C=O) groups excluding carboxylic acids is 1. The standard InChI is InChI=1S/C16H18BrNO3/c17-12-8-15(20)14(19)6-10(12)5-13-11-4-2-1-3-9(11)7-16(21)18-13/h6,8,13,19-20H,1-5,7H2,(H,18,21)/t13-/m0/s1. The Kier molecular flexibility index (Phi) is 3.93. The van der Waals surface area contributed by atoms with Gasteiger partial charge >= 0.3 is 0 Å². The number of carbonyl (C=O) groups is 1. The molecule has 1 amide bonds. The molecular weight excluding hydrogens is 334 g/mol. The van der Waals surface area contributed by atoms with E-state index in [1.54, 1.807) is 6.07 Å². The monoisotopic (exact) mass is 351 g/mol. The molecule has 1 atom stereocenters. The van der Waals surface area contributed by atoms with Gasteiger partial charge in [0.1, 0.15) is 0 Å². The van der Waals surface area contributed by atoms with E-state index in [4.69, 9.17) is 0 Å². The molecule has 0 spiro atoms.